The molecule has 1 heterocycles. The maximum Gasteiger partial charge on any atom is 0.191 e. The summed E-state index contributed by atoms with van der Waals surface area (Å²) in [5, 5.41) is 7.01. The molecule has 1 aliphatic heterocycles. The summed E-state index contributed by atoms with van der Waals surface area (Å²) < 4.78 is 0. The van der Waals surface area contributed by atoms with Crippen LogP contribution >= 0.6 is 24.0 Å². The van der Waals surface area contributed by atoms with Crippen molar-refractivity contribution in [3.05, 3.63) is 35.4 Å². The molecule has 0 bridgehead atoms. The minimum absolute atomic E-state index is 0. The third kappa shape index (κ3) is 6.97. The summed E-state index contributed by atoms with van der Waals surface area (Å²) in [5.74, 6) is 0.931. The number of halogens is 1. The van der Waals surface area contributed by atoms with Crippen LogP contribution in [0, 0.1) is 6.92 Å². The average Bonchev–Trinajstić information content (AvgIpc) is 2.56. The first-order valence-corrected chi connectivity index (χ1v) is 8.85. The van der Waals surface area contributed by atoms with E-state index in [1.165, 1.54) is 37.1 Å². The molecule has 0 aliphatic carbocycles. The summed E-state index contributed by atoms with van der Waals surface area (Å²) in [7, 11) is 1.85. The zero-order valence-corrected chi connectivity index (χ0v) is 17.8. The predicted molar refractivity (Wildman–Crippen MR) is 115 cm³/mol. The number of nitrogens with one attached hydrogen (secondary N) is 2. The van der Waals surface area contributed by atoms with E-state index in [-0.39, 0.29) is 24.0 Å². The molecular formula is C19H33IN4. The second-order valence-electron chi connectivity index (χ2n) is 6.78. The standard InChI is InChI=1S/C19H32N4.HI/c1-15(2)23-13-10-18(11-14-23)22-19(20-4)21-12-9-17-7-5-16(3)6-8-17;/h5-8,15,18H,9-14H2,1-4H3,(H2,20,21,22);1H. The Hall–Kier alpha value is -0.820. The van der Waals surface area contributed by atoms with E-state index in [4.69, 9.17) is 0 Å². The Morgan fingerprint density at radius 3 is 2.38 bits per heavy atom. The molecule has 0 atom stereocenters. The van der Waals surface area contributed by atoms with Gasteiger partial charge >= 0.3 is 0 Å². The van der Waals surface area contributed by atoms with Gasteiger partial charge in [-0.05, 0) is 45.6 Å². The van der Waals surface area contributed by atoms with Crippen molar-refractivity contribution in [3.8, 4) is 0 Å². The third-order valence-electron chi connectivity index (χ3n) is 4.65. The average molecular weight is 444 g/mol. The third-order valence-corrected chi connectivity index (χ3v) is 4.65. The number of hydrogen-bond donors (Lipinski definition) is 2. The van der Waals surface area contributed by atoms with Crippen molar-refractivity contribution in [2.75, 3.05) is 26.7 Å². The fraction of sp³-hybridized carbons (Fsp3) is 0.632. The van der Waals surface area contributed by atoms with Crippen molar-refractivity contribution in [1.82, 2.24) is 15.5 Å². The van der Waals surface area contributed by atoms with Crippen molar-refractivity contribution in [3.63, 3.8) is 0 Å². The number of likely N-dealkylation sites (tertiary alicyclic amines) is 1. The van der Waals surface area contributed by atoms with Crippen LogP contribution < -0.4 is 10.6 Å². The van der Waals surface area contributed by atoms with Crippen molar-refractivity contribution in [1.29, 1.82) is 0 Å². The van der Waals surface area contributed by atoms with Crippen LogP contribution in [0.15, 0.2) is 29.3 Å². The molecule has 0 radical (unpaired) electrons. The molecule has 1 fully saturated rings. The molecule has 0 amide bonds. The van der Waals surface area contributed by atoms with E-state index in [1.807, 2.05) is 7.05 Å². The van der Waals surface area contributed by atoms with Crippen LogP contribution in [0.2, 0.25) is 0 Å². The number of benzene rings is 1. The van der Waals surface area contributed by atoms with Gasteiger partial charge in [0.2, 0.25) is 0 Å². The van der Waals surface area contributed by atoms with Crippen LogP contribution in [0.3, 0.4) is 0 Å². The predicted octanol–water partition coefficient (Wildman–Crippen LogP) is 3.19. The molecular weight excluding hydrogens is 411 g/mol. The highest BCUT2D eigenvalue weighted by Gasteiger charge is 2.21. The lowest BCUT2D eigenvalue weighted by Gasteiger charge is -2.35. The molecule has 5 heteroatoms. The normalized spacial score (nSPS) is 16.8. The monoisotopic (exact) mass is 444 g/mol. The maximum absolute atomic E-state index is 4.36. The van der Waals surface area contributed by atoms with Crippen LogP contribution in [0.5, 0.6) is 0 Å². The Labute approximate surface area is 164 Å². The second-order valence-corrected chi connectivity index (χ2v) is 6.78. The van der Waals surface area contributed by atoms with Crippen LogP contribution in [-0.2, 0) is 6.42 Å². The summed E-state index contributed by atoms with van der Waals surface area (Å²) in [5.41, 5.74) is 2.68. The van der Waals surface area contributed by atoms with Gasteiger partial charge in [-0.2, -0.15) is 0 Å². The molecule has 1 aliphatic rings. The SMILES string of the molecule is CN=C(NCCc1ccc(C)cc1)NC1CCN(C(C)C)CC1.I. The van der Waals surface area contributed by atoms with Crippen molar-refractivity contribution < 1.29 is 0 Å². The van der Waals surface area contributed by atoms with E-state index in [0.29, 0.717) is 12.1 Å². The van der Waals surface area contributed by atoms with E-state index in [0.717, 1.165) is 18.9 Å². The molecule has 2 N–H and O–H groups in total. The molecule has 24 heavy (non-hydrogen) atoms. The number of nitrogens with zero attached hydrogens (tertiary/aromatic N) is 2. The lowest BCUT2D eigenvalue weighted by molar-refractivity contribution is 0.167. The minimum atomic E-state index is 0. The first-order valence-electron chi connectivity index (χ1n) is 8.85. The summed E-state index contributed by atoms with van der Waals surface area (Å²) in [6.07, 6.45) is 3.40. The first kappa shape index (κ1) is 21.2. The van der Waals surface area contributed by atoms with Gasteiger partial charge in [-0.25, -0.2) is 0 Å². The van der Waals surface area contributed by atoms with Gasteiger partial charge in [0.15, 0.2) is 5.96 Å². The van der Waals surface area contributed by atoms with Gasteiger partial charge in [0.25, 0.3) is 0 Å². The number of rotatable bonds is 5. The largest absolute Gasteiger partial charge is 0.356 e. The first-order chi connectivity index (χ1) is 11.1. The Kier molecular flexibility index (Phi) is 9.66. The molecule has 0 unspecified atom stereocenters. The molecule has 2 rings (SSSR count). The Balaban J connectivity index is 0.00000288. The van der Waals surface area contributed by atoms with Gasteiger partial charge in [-0.15, -0.1) is 24.0 Å². The van der Waals surface area contributed by atoms with Crippen LogP contribution in [0.4, 0.5) is 0 Å². The van der Waals surface area contributed by atoms with E-state index in [2.05, 4.69) is 65.6 Å². The quantitative estimate of drug-likeness (QED) is 0.417. The summed E-state index contributed by atoms with van der Waals surface area (Å²) in [4.78, 5) is 6.91. The van der Waals surface area contributed by atoms with Gasteiger partial charge in [0.05, 0.1) is 0 Å². The molecule has 1 aromatic carbocycles. The van der Waals surface area contributed by atoms with Crippen molar-refractivity contribution in [2.45, 2.75) is 52.1 Å². The second kappa shape index (κ2) is 10.9. The van der Waals surface area contributed by atoms with Crippen LogP contribution in [-0.4, -0.2) is 49.6 Å². The Morgan fingerprint density at radius 1 is 1.21 bits per heavy atom. The zero-order valence-electron chi connectivity index (χ0n) is 15.5. The van der Waals surface area contributed by atoms with Gasteiger partial charge in [0, 0.05) is 38.8 Å². The number of aliphatic imine (C=N–C) groups is 1. The van der Waals surface area contributed by atoms with Crippen LogP contribution in [0.1, 0.15) is 37.8 Å². The van der Waals surface area contributed by atoms with Gasteiger partial charge in [0.1, 0.15) is 0 Å². The molecule has 136 valence electrons. The van der Waals surface area contributed by atoms with E-state index < -0.39 is 0 Å². The van der Waals surface area contributed by atoms with E-state index in [9.17, 15) is 0 Å². The minimum Gasteiger partial charge on any atom is -0.356 e. The Bertz CT molecular complexity index is 491. The van der Waals surface area contributed by atoms with Crippen molar-refractivity contribution >= 4 is 29.9 Å². The Morgan fingerprint density at radius 2 is 1.83 bits per heavy atom. The number of guanidine groups is 1. The summed E-state index contributed by atoms with van der Waals surface area (Å²) in [6.45, 7) is 9.94. The fourth-order valence-electron chi connectivity index (χ4n) is 3.03. The molecule has 0 spiro atoms. The maximum atomic E-state index is 4.36. The van der Waals surface area contributed by atoms with Gasteiger partial charge < -0.3 is 15.5 Å². The van der Waals surface area contributed by atoms with Gasteiger partial charge in [-0.1, -0.05) is 29.8 Å². The summed E-state index contributed by atoms with van der Waals surface area (Å²) >= 11 is 0. The fourth-order valence-corrected chi connectivity index (χ4v) is 3.03. The molecule has 4 nitrogen and oxygen atoms in total. The van der Waals surface area contributed by atoms with Crippen molar-refractivity contribution in [2.24, 2.45) is 4.99 Å². The van der Waals surface area contributed by atoms with Crippen LogP contribution in [0.25, 0.3) is 0 Å². The lowest BCUT2D eigenvalue weighted by atomic mass is 10.0. The van der Waals surface area contributed by atoms with Gasteiger partial charge in [-0.3, -0.25) is 4.99 Å². The highest BCUT2D eigenvalue weighted by molar-refractivity contribution is 14.0. The topological polar surface area (TPSA) is 39.7 Å². The highest BCUT2D eigenvalue weighted by Crippen LogP contribution is 2.12. The number of hydrogen-bond acceptors (Lipinski definition) is 2. The number of piperidine rings is 1. The number of aryl methyl sites for hydroxylation is 1. The van der Waals surface area contributed by atoms with E-state index >= 15 is 0 Å². The molecule has 0 aromatic heterocycles. The molecule has 1 aromatic rings. The summed E-state index contributed by atoms with van der Waals surface area (Å²) in [6, 6.07) is 9.94. The molecule has 0 saturated carbocycles. The van der Waals surface area contributed by atoms with E-state index in [1.54, 1.807) is 0 Å². The highest BCUT2D eigenvalue weighted by atomic mass is 127. The molecule has 1 saturated heterocycles. The zero-order chi connectivity index (χ0) is 16.7. The lowest BCUT2D eigenvalue weighted by Crippen LogP contribution is -2.50. The smallest absolute Gasteiger partial charge is 0.191 e.